The fourth-order valence-corrected chi connectivity index (χ4v) is 2.24. The first-order chi connectivity index (χ1) is 8.26. The van der Waals surface area contributed by atoms with Gasteiger partial charge < -0.3 is 5.73 Å². The molecule has 1 rings (SSSR count). The molecule has 0 radical (unpaired) electrons. The van der Waals surface area contributed by atoms with Crippen LogP contribution in [0.1, 0.15) is 13.3 Å². The molecule has 7 nitrogen and oxygen atoms in total. The van der Waals surface area contributed by atoms with Gasteiger partial charge in [0.25, 0.3) is 5.56 Å². The predicted molar refractivity (Wildman–Crippen MR) is 69.4 cm³/mol. The van der Waals surface area contributed by atoms with Crippen molar-refractivity contribution in [1.82, 2.24) is 9.13 Å². The summed E-state index contributed by atoms with van der Waals surface area (Å²) in [5.74, 6) is -0.0696. The average molecular weight is 275 g/mol. The van der Waals surface area contributed by atoms with Gasteiger partial charge >= 0.3 is 5.69 Å². The van der Waals surface area contributed by atoms with E-state index in [9.17, 15) is 18.0 Å². The minimum absolute atomic E-state index is 0.0178. The molecule has 18 heavy (non-hydrogen) atoms. The van der Waals surface area contributed by atoms with E-state index in [0.717, 1.165) is 10.8 Å². The third-order valence-electron chi connectivity index (χ3n) is 2.50. The molecule has 0 fully saturated rings. The zero-order valence-electron chi connectivity index (χ0n) is 10.4. The van der Waals surface area contributed by atoms with E-state index >= 15 is 0 Å². The molecular formula is C10H17N3O4S. The Kier molecular flexibility index (Phi) is 4.33. The number of aryl methyl sites for hydroxylation is 1. The zero-order chi connectivity index (χ0) is 13.9. The van der Waals surface area contributed by atoms with Gasteiger partial charge in [-0.05, 0) is 13.3 Å². The molecule has 0 unspecified atom stereocenters. The van der Waals surface area contributed by atoms with E-state index < -0.39 is 21.1 Å². The van der Waals surface area contributed by atoms with Crippen molar-refractivity contribution in [1.29, 1.82) is 0 Å². The number of hydrogen-bond donors (Lipinski definition) is 1. The Balaban J connectivity index is 3.06. The Bertz CT molecular complexity index is 642. The molecule has 2 N–H and O–H groups in total. The van der Waals surface area contributed by atoms with E-state index in [0.29, 0.717) is 6.54 Å². The number of rotatable bonds is 5. The first kappa shape index (κ1) is 14.5. The van der Waals surface area contributed by atoms with Gasteiger partial charge in [-0.2, -0.15) is 0 Å². The number of anilines is 1. The van der Waals surface area contributed by atoms with Gasteiger partial charge in [0.05, 0.1) is 5.75 Å². The van der Waals surface area contributed by atoms with E-state index in [1.54, 1.807) is 6.92 Å². The molecule has 0 aliphatic heterocycles. The maximum atomic E-state index is 11.8. The van der Waals surface area contributed by atoms with E-state index in [-0.39, 0.29) is 24.4 Å². The van der Waals surface area contributed by atoms with Gasteiger partial charge in [-0.25, -0.2) is 13.2 Å². The number of aromatic nitrogens is 2. The molecule has 0 saturated carbocycles. The molecule has 8 heteroatoms. The van der Waals surface area contributed by atoms with Crippen molar-refractivity contribution in [3.8, 4) is 0 Å². The highest BCUT2D eigenvalue weighted by atomic mass is 32.2. The molecule has 102 valence electrons. The Labute approximate surface area is 105 Å². The Morgan fingerprint density at radius 3 is 2.44 bits per heavy atom. The number of sulfone groups is 1. The van der Waals surface area contributed by atoms with Gasteiger partial charge in [-0.3, -0.25) is 13.9 Å². The largest absolute Gasteiger partial charge is 0.393 e. The summed E-state index contributed by atoms with van der Waals surface area (Å²) in [5, 5.41) is 0. The summed E-state index contributed by atoms with van der Waals surface area (Å²) in [6, 6.07) is 0. The van der Waals surface area contributed by atoms with Crippen LogP contribution in [-0.4, -0.2) is 29.6 Å². The number of nitrogens with two attached hydrogens (primary N) is 1. The summed E-state index contributed by atoms with van der Waals surface area (Å²) in [5.41, 5.74) is 4.46. The first-order valence-corrected chi connectivity index (χ1v) is 7.59. The van der Waals surface area contributed by atoms with E-state index in [1.165, 1.54) is 10.8 Å². The van der Waals surface area contributed by atoms with Crippen LogP contribution < -0.4 is 17.0 Å². The zero-order valence-corrected chi connectivity index (χ0v) is 11.2. The maximum absolute atomic E-state index is 11.8. The minimum Gasteiger partial charge on any atom is -0.393 e. The van der Waals surface area contributed by atoms with Gasteiger partial charge in [-0.1, -0.05) is 0 Å². The quantitative estimate of drug-likeness (QED) is 0.745. The van der Waals surface area contributed by atoms with E-state index in [4.69, 9.17) is 5.73 Å². The predicted octanol–water partition coefficient (Wildman–Crippen LogP) is -0.953. The summed E-state index contributed by atoms with van der Waals surface area (Å²) in [7, 11) is -3.10. The number of nitrogen functional groups attached to an aromatic ring is 1. The first-order valence-electron chi connectivity index (χ1n) is 5.53. The third-order valence-corrected chi connectivity index (χ3v) is 3.53. The summed E-state index contributed by atoms with van der Waals surface area (Å²) in [6.07, 6.45) is 2.62. The highest BCUT2D eigenvalue weighted by molar-refractivity contribution is 7.90. The van der Waals surface area contributed by atoms with Gasteiger partial charge in [0.15, 0.2) is 0 Å². The highest BCUT2D eigenvalue weighted by Gasteiger charge is 2.09. The van der Waals surface area contributed by atoms with Gasteiger partial charge in [0.2, 0.25) is 0 Å². The van der Waals surface area contributed by atoms with Crippen LogP contribution in [0.15, 0.2) is 15.8 Å². The van der Waals surface area contributed by atoms with Crippen LogP contribution in [0.3, 0.4) is 0 Å². The molecule has 0 atom stereocenters. The normalized spacial score (nSPS) is 11.7. The molecule has 1 aromatic heterocycles. The Morgan fingerprint density at radius 1 is 1.33 bits per heavy atom. The van der Waals surface area contributed by atoms with Gasteiger partial charge in [0, 0.05) is 25.5 Å². The summed E-state index contributed by atoms with van der Waals surface area (Å²) in [6.45, 7) is 2.21. The monoisotopic (exact) mass is 275 g/mol. The van der Waals surface area contributed by atoms with E-state index in [2.05, 4.69) is 0 Å². The topological polar surface area (TPSA) is 104 Å². The molecule has 0 aliphatic carbocycles. The van der Waals surface area contributed by atoms with Crippen molar-refractivity contribution in [2.75, 3.05) is 17.7 Å². The van der Waals surface area contributed by atoms with E-state index in [1.807, 2.05) is 0 Å². The van der Waals surface area contributed by atoms with Crippen molar-refractivity contribution in [3.63, 3.8) is 0 Å². The third kappa shape index (κ3) is 3.46. The van der Waals surface area contributed by atoms with Crippen molar-refractivity contribution < 1.29 is 8.42 Å². The molecule has 1 heterocycles. The minimum atomic E-state index is -3.10. The summed E-state index contributed by atoms with van der Waals surface area (Å²) < 4.78 is 24.3. The standard InChI is InChI=1S/C10H17N3O4S/c1-3-12-7-8(11)9(14)13(10(12)15)5-4-6-18(2,16)17/h7H,3-6,11H2,1-2H3. The fourth-order valence-electron chi connectivity index (χ4n) is 1.58. The Hall–Kier alpha value is -1.57. The Morgan fingerprint density at radius 2 is 1.94 bits per heavy atom. The summed E-state index contributed by atoms with van der Waals surface area (Å²) >= 11 is 0. The lowest BCUT2D eigenvalue weighted by molar-refractivity contribution is 0.553. The highest BCUT2D eigenvalue weighted by Crippen LogP contribution is 1.94. The second-order valence-electron chi connectivity index (χ2n) is 4.09. The summed E-state index contributed by atoms with van der Waals surface area (Å²) in [4.78, 5) is 23.5. The fraction of sp³-hybridized carbons (Fsp3) is 0.600. The lowest BCUT2D eigenvalue weighted by Crippen LogP contribution is -2.40. The smallest absolute Gasteiger partial charge is 0.331 e. The van der Waals surface area contributed by atoms with Crippen molar-refractivity contribution in [3.05, 3.63) is 27.0 Å². The lowest BCUT2D eigenvalue weighted by Gasteiger charge is -2.09. The van der Waals surface area contributed by atoms with Crippen LogP contribution in [0.4, 0.5) is 5.69 Å². The second-order valence-corrected chi connectivity index (χ2v) is 6.35. The van der Waals surface area contributed by atoms with Crippen LogP contribution in [0.2, 0.25) is 0 Å². The molecule has 0 spiro atoms. The molecule has 0 saturated heterocycles. The molecule has 0 bridgehead atoms. The second kappa shape index (κ2) is 5.38. The van der Waals surface area contributed by atoms with Crippen molar-refractivity contribution in [2.24, 2.45) is 0 Å². The van der Waals surface area contributed by atoms with Crippen molar-refractivity contribution in [2.45, 2.75) is 26.4 Å². The van der Waals surface area contributed by atoms with Crippen LogP contribution in [0.5, 0.6) is 0 Å². The number of nitrogens with zero attached hydrogens (tertiary/aromatic N) is 2. The maximum Gasteiger partial charge on any atom is 0.331 e. The van der Waals surface area contributed by atoms with Crippen LogP contribution in [0, 0.1) is 0 Å². The molecule has 0 amide bonds. The average Bonchev–Trinajstić information content (AvgIpc) is 2.26. The van der Waals surface area contributed by atoms with Crippen LogP contribution >= 0.6 is 0 Å². The van der Waals surface area contributed by atoms with Gasteiger partial charge in [-0.15, -0.1) is 0 Å². The molecule has 0 aliphatic rings. The SMILES string of the molecule is CCn1cc(N)c(=O)n(CCCS(C)(=O)=O)c1=O. The number of hydrogen-bond acceptors (Lipinski definition) is 5. The molecule has 1 aromatic rings. The lowest BCUT2D eigenvalue weighted by atomic mass is 10.4. The van der Waals surface area contributed by atoms with Crippen LogP contribution in [-0.2, 0) is 22.9 Å². The molecule has 0 aromatic carbocycles. The van der Waals surface area contributed by atoms with Crippen LogP contribution in [0.25, 0.3) is 0 Å². The molecular weight excluding hydrogens is 258 g/mol. The van der Waals surface area contributed by atoms with Crippen molar-refractivity contribution >= 4 is 15.5 Å². The van der Waals surface area contributed by atoms with Gasteiger partial charge in [0.1, 0.15) is 15.5 Å².